The van der Waals surface area contributed by atoms with E-state index in [4.69, 9.17) is 16.3 Å². The van der Waals surface area contributed by atoms with Crippen LogP contribution in [0, 0.1) is 11.7 Å². The summed E-state index contributed by atoms with van der Waals surface area (Å²) >= 11 is 5.92. The van der Waals surface area contributed by atoms with Crippen LogP contribution in [0.4, 0.5) is 4.39 Å². The molecule has 1 saturated heterocycles. The molecule has 1 amide bonds. The maximum Gasteiger partial charge on any atom is 0.261 e. The third-order valence-corrected chi connectivity index (χ3v) is 4.47. The van der Waals surface area contributed by atoms with E-state index in [0.717, 1.165) is 6.42 Å². The second-order valence-corrected chi connectivity index (χ2v) is 6.37. The first kappa shape index (κ1) is 17.4. The number of carbonyl (C=O) groups excluding carboxylic acids is 1. The Balaban J connectivity index is 1.61. The van der Waals surface area contributed by atoms with Crippen molar-refractivity contribution >= 4 is 17.5 Å². The first-order valence-corrected chi connectivity index (χ1v) is 8.21. The van der Waals surface area contributed by atoms with Crippen LogP contribution >= 0.6 is 11.6 Å². The average Bonchev–Trinajstić information content (AvgIpc) is 3.03. The predicted octanol–water partition coefficient (Wildman–Crippen LogP) is 3.43. The Hall–Kier alpha value is -2.47. The van der Waals surface area contributed by atoms with E-state index < -0.39 is 11.7 Å². The molecule has 0 aliphatic carbocycles. The van der Waals surface area contributed by atoms with E-state index in [1.807, 2.05) is 0 Å². The maximum absolute atomic E-state index is 13.0. The van der Waals surface area contributed by atoms with Gasteiger partial charge in [0.2, 0.25) is 0 Å². The van der Waals surface area contributed by atoms with Crippen LogP contribution in [0.3, 0.4) is 0 Å². The molecule has 0 radical (unpaired) electrons. The molecule has 2 aromatic rings. The van der Waals surface area contributed by atoms with Crippen molar-refractivity contribution in [3.63, 3.8) is 0 Å². The van der Waals surface area contributed by atoms with Gasteiger partial charge in [0.1, 0.15) is 28.6 Å². The van der Waals surface area contributed by atoms with Gasteiger partial charge in [-0.15, -0.1) is 0 Å². The lowest BCUT2D eigenvalue weighted by atomic mass is 10.1. The molecule has 1 fully saturated rings. The van der Waals surface area contributed by atoms with E-state index in [-0.39, 0.29) is 28.0 Å². The van der Waals surface area contributed by atoms with E-state index in [0.29, 0.717) is 25.4 Å². The molecule has 1 atom stereocenters. The number of amides is 1. The highest BCUT2D eigenvalue weighted by Gasteiger charge is 2.30. The summed E-state index contributed by atoms with van der Waals surface area (Å²) in [5.41, 5.74) is -0.0920. The fourth-order valence-electron chi connectivity index (χ4n) is 2.86. The van der Waals surface area contributed by atoms with Gasteiger partial charge in [0.15, 0.2) is 0 Å². The van der Waals surface area contributed by atoms with Gasteiger partial charge in [-0.1, -0.05) is 17.7 Å². The van der Waals surface area contributed by atoms with Crippen LogP contribution in [0.5, 0.6) is 17.2 Å². The number of halogens is 2. The molecule has 0 spiro atoms. The zero-order chi connectivity index (χ0) is 18.0. The second-order valence-electron chi connectivity index (χ2n) is 5.96. The van der Waals surface area contributed by atoms with Crippen molar-refractivity contribution in [2.45, 2.75) is 6.42 Å². The van der Waals surface area contributed by atoms with Crippen LogP contribution in [-0.4, -0.2) is 40.7 Å². The molecule has 2 N–H and O–H groups in total. The van der Waals surface area contributed by atoms with E-state index in [1.165, 1.54) is 36.4 Å². The zero-order valence-corrected chi connectivity index (χ0v) is 14.0. The van der Waals surface area contributed by atoms with Crippen LogP contribution < -0.4 is 4.74 Å². The number of hydrogen-bond donors (Lipinski definition) is 2. The number of aromatic hydroxyl groups is 2. The number of likely N-dealkylation sites (tertiary alicyclic amines) is 1. The molecule has 5 nitrogen and oxygen atoms in total. The molecule has 2 aromatic carbocycles. The SMILES string of the molecule is O=C(c1c(O)cccc1O)N1CCC(COc2ccc(F)cc2Cl)C1. The van der Waals surface area contributed by atoms with Gasteiger partial charge in [-0.3, -0.25) is 4.79 Å². The average molecular weight is 366 g/mol. The van der Waals surface area contributed by atoms with Gasteiger partial charge < -0.3 is 19.8 Å². The van der Waals surface area contributed by atoms with E-state index in [1.54, 1.807) is 4.90 Å². The number of phenols is 2. The van der Waals surface area contributed by atoms with Crippen LogP contribution in [0.2, 0.25) is 5.02 Å². The summed E-state index contributed by atoms with van der Waals surface area (Å²) in [5, 5.41) is 19.8. The Kier molecular flexibility index (Phi) is 4.99. The van der Waals surface area contributed by atoms with Crippen LogP contribution in [0.25, 0.3) is 0 Å². The molecule has 0 bridgehead atoms. The number of ether oxygens (including phenoxy) is 1. The Bertz CT molecular complexity index is 778. The molecule has 0 aromatic heterocycles. The largest absolute Gasteiger partial charge is 0.507 e. The molecule has 1 aliphatic rings. The van der Waals surface area contributed by atoms with Crippen molar-refractivity contribution < 1.29 is 24.1 Å². The normalized spacial score (nSPS) is 16.9. The number of benzene rings is 2. The molecule has 1 heterocycles. The van der Waals surface area contributed by atoms with Gasteiger partial charge in [-0.25, -0.2) is 4.39 Å². The summed E-state index contributed by atoms with van der Waals surface area (Å²) in [6, 6.07) is 8.11. The lowest BCUT2D eigenvalue weighted by Crippen LogP contribution is -2.29. The lowest BCUT2D eigenvalue weighted by Gasteiger charge is -2.18. The Morgan fingerprint density at radius 1 is 1.28 bits per heavy atom. The van der Waals surface area contributed by atoms with Crippen molar-refractivity contribution in [3.8, 4) is 17.2 Å². The summed E-state index contributed by atoms with van der Waals surface area (Å²) < 4.78 is 18.7. The molecule has 0 saturated carbocycles. The first-order valence-electron chi connectivity index (χ1n) is 7.83. The number of rotatable bonds is 4. The molecular weight excluding hydrogens is 349 g/mol. The molecule has 1 unspecified atom stereocenters. The van der Waals surface area contributed by atoms with E-state index in [9.17, 15) is 19.4 Å². The highest BCUT2D eigenvalue weighted by Crippen LogP contribution is 2.30. The maximum atomic E-state index is 13.0. The van der Waals surface area contributed by atoms with Crippen molar-refractivity contribution in [3.05, 3.63) is 52.8 Å². The molecule has 1 aliphatic heterocycles. The van der Waals surface area contributed by atoms with E-state index >= 15 is 0 Å². The molecule has 132 valence electrons. The van der Waals surface area contributed by atoms with Gasteiger partial charge in [0.25, 0.3) is 5.91 Å². The Morgan fingerprint density at radius 3 is 2.68 bits per heavy atom. The molecular formula is C18H17ClFNO4. The fourth-order valence-corrected chi connectivity index (χ4v) is 3.08. The summed E-state index contributed by atoms with van der Waals surface area (Å²) in [6.07, 6.45) is 0.721. The van der Waals surface area contributed by atoms with Crippen LogP contribution in [-0.2, 0) is 0 Å². The van der Waals surface area contributed by atoms with Crippen LogP contribution in [0.15, 0.2) is 36.4 Å². The summed E-state index contributed by atoms with van der Waals surface area (Å²) in [5.74, 6) is -0.870. The molecule has 25 heavy (non-hydrogen) atoms. The zero-order valence-electron chi connectivity index (χ0n) is 13.3. The highest BCUT2D eigenvalue weighted by atomic mass is 35.5. The quantitative estimate of drug-likeness (QED) is 0.870. The first-order chi connectivity index (χ1) is 12.0. The highest BCUT2D eigenvalue weighted by molar-refractivity contribution is 6.32. The topological polar surface area (TPSA) is 70.0 Å². The van der Waals surface area contributed by atoms with Gasteiger partial charge in [0, 0.05) is 19.0 Å². The van der Waals surface area contributed by atoms with E-state index in [2.05, 4.69) is 0 Å². The summed E-state index contributed by atoms with van der Waals surface area (Å²) in [7, 11) is 0. The van der Waals surface area contributed by atoms with Gasteiger partial charge in [0.05, 0.1) is 11.6 Å². The van der Waals surface area contributed by atoms with Gasteiger partial charge in [-0.2, -0.15) is 0 Å². The van der Waals surface area contributed by atoms with Gasteiger partial charge >= 0.3 is 0 Å². The number of carbonyl (C=O) groups is 1. The minimum atomic E-state index is -0.433. The summed E-state index contributed by atoms with van der Waals surface area (Å²) in [4.78, 5) is 14.1. The number of phenolic OH excluding ortho intramolecular Hbond substituents is 2. The predicted molar refractivity (Wildman–Crippen MR) is 90.7 cm³/mol. The van der Waals surface area contributed by atoms with Crippen LogP contribution in [0.1, 0.15) is 16.8 Å². The Labute approximate surface area is 149 Å². The monoisotopic (exact) mass is 365 g/mol. The number of nitrogens with zero attached hydrogens (tertiary/aromatic N) is 1. The summed E-state index contributed by atoms with van der Waals surface area (Å²) in [6.45, 7) is 1.27. The fraction of sp³-hybridized carbons (Fsp3) is 0.278. The smallest absolute Gasteiger partial charge is 0.261 e. The van der Waals surface area contributed by atoms with Gasteiger partial charge in [-0.05, 0) is 36.8 Å². The standard InChI is InChI=1S/C18H17ClFNO4/c19-13-8-12(20)4-5-16(13)25-10-11-6-7-21(9-11)18(24)17-14(22)2-1-3-15(17)23/h1-5,8,11,22-23H,6-7,9-10H2. The molecule has 3 rings (SSSR count). The Morgan fingerprint density at radius 2 is 2.00 bits per heavy atom. The minimum Gasteiger partial charge on any atom is -0.507 e. The van der Waals surface area contributed by atoms with Crippen molar-refractivity contribution in [2.75, 3.05) is 19.7 Å². The molecule has 7 heteroatoms. The number of hydrogen-bond acceptors (Lipinski definition) is 4. The second kappa shape index (κ2) is 7.19. The lowest BCUT2D eigenvalue weighted by molar-refractivity contribution is 0.0777. The minimum absolute atomic E-state index is 0.0815. The van der Waals surface area contributed by atoms with Crippen molar-refractivity contribution in [1.29, 1.82) is 0 Å². The third kappa shape index (κ3) is 3.79. The van der Waals surface area contributed by atoms with Crippen molar-refractivity contribution in [1.82, 2.24) is 4.90 Å². The van der Waals surface area contributed by atoms with Crippen molar-refractivity contribution in [2.24, 2.45) is 5.92 Å². The third-order valence-electron chi connectivity index (χ3n) is 4.18.